The van der Waals surface area contributed by atoms with E-state index in [-0.39, 0.29) is 12.1 Å². The number of amides is 2. The highest BCUT2D eigenvalue weighted by Gasteiger charge is 2.33. The number of hydrogen-bond acceptors (Lipinski definition) is 2. The number of carbonyl (C=O) groups excluding carboxylic acids is 1. The summed E-state index contributed by atoms with van der Waals surface area (Å²) in [6, 6.07) is -0.417. The van der Waals surface area contributed by atoms with Crippen LogP contribution in [0, 0.1) is 17.8 Å². The smallest absolute Gasteiger partial charge is 0.315 e. The molecule has 2 fully saturated rings. The van der Waals surface area contributed by atoms with Gasteiger partial charge in [-0.15, -0.1) is 0 Å². The van der Waals surface area contributed by atoms with E-state index in [1.807, 2.05) is 0 Å². The Morgan fingerprint density at radius 2 is 1.90 bits per heavy atom. The number of carboxylic acid groups (broad SMARTS) is 1. The first-order valence-electron chi connectivity index (χ1n) is 7.83. The van der Waals surface area contributed by atoms with Gasteiger partial charge in [0, 0.05) is 12.6 Å². The third-order valence-electron chi connectivity index (χ3n) is 4.75. The van der Waals surface area contributed by atoms with Gasteiger partial charge in [-0.05, 0) is 37.5 Å². The Bertz CT molecular complexity index is 359. The summed E-state index contributed by atoms with van der Waals surface area (Å²) >= 11 is 0. The van der Waals surface area contributed by atoms with Gasteiger partial charge in [0.25, 0.3) is 0 Å². The molecular weight excluding hydrogens is 256 g/mol. The zero-order valence-electron chi connectivity index (χ0n) is 12.2. The van der Waals surface area contributed by atoms with Gasteiger partial charge in [-0.1, -0.05) is 26.2 Å². The number of rotatable bonds is 4. The van der Waals surface area contributed by atoms with Crippen molar-refractivity contribution in [3.8, 4) is 0 Å². The molecule has 0 spiro atoms. The van der Waals surface area contributed by atoms with Gasteiger partial charge < -0.3 is 15.7 Å². The van der Waals surface area contributed by atoms with Crippen molar-refractivity contribution in [2.75, 3.05) is 6.54 Å². The molecule has 0 heterocycles. The van der Waals surface area contributed by atoms with Crippen molar-refractivity contribution in [1.82, 2.24) is 10.6 Å². The molecule has 2 amide bonds. The summed E-state index contributed by atoms with van der Waals surface area (Å²) in [5.41, 5.74) is 0. The lowest BCUT2D eigenvalue weighted by Gasteiger charge is -2.27. The number of carbonyl (C=O) groups is 2. The van der Waals surface area contributed by atoms with Crippen molar-refractivity contribution >= 4 is 12.0 Å². The third-order valence-corrected chi connectivity index (χ3v) is 4.75. The highest BCUT2D eigenvalue weighted by atomic mass is 16.4. The lowest BCUT2D eigenvalue weighted by Crippen LogP contribution is -2.46. The first kappa shape index (κ1) is 15.1. The van der Waals surface area contributed by atoms with Crippen LogP contribution in [0.3, 0.4) is 0 Å². The van der Waals surface area contributed by atoms with Gasteiger partial charge in [-0.3, -0.25) is 4.79 Å². The Balaban J connectivity index is 1.71. The van der Waals surface area contributed by atoms with Crippen LogP contribution in [-0.4, -0.2) is 29.7 Å². The number of aliphatic carboxylic acids is 1. The monoisotopic (exact) mass is 282 g/mol. The van der Waals surface area contributed by atoms with E-state index in [1.165, 1.54) is 25.7 Å². The number of urea groups is 1. The maximum absolute atomic E-state index is 11.9. The second kappa shape index (κ2) is 6.95. The van der Waals surface area contributed by atoms with Crippen LogP contribution in [0.2, 0.25) is 0 Å². The second-order valence-corrected chi connectivity index (χ2v) is 6.47. The van der Waals surface area contributed by atoms with Gasteiger partial charge in [0.15, 0.2) is 0 Å². The molecule has 2 aliphatic carbocycles. The van der Waals surface area contributed by atoms with E-state index in [1.54, 1.807) is 0 Å². The summed E-state index contributed by atoms with van der Waals surface area (Å²) in [6.07, 6.45) is 7.23. The summed E-state index contributed by atoms with van der Waals surface area (Å²) in [5, 5.41) is 14.8. The van der Waals surface area contributed by atoms with Crippen LogP contribution in [0.15, 0.2) is 0 Å². The van der Waals surface area contributed by atoms with Crippen LogP contribution in [0.4, 0.5) is 4.79 Å². The van der Waals surface area contributed by atoms with Crippen LogP contribution >= 0.6 is 0 Å². The van der Waals surface area contributed by atoms with Gasteiger partial charge in [0.05, 0.1) is 5.92 Å². The lowest BCUT2D eigenvalue weighted by atomic mass is 9.82. The maximum Gasteiger partial charge on any atom is 0.315 e. The molecule has 2 aliphatic rings. The van der Waals surface area contributed by atoms with Crippen molar-refractivity contribution < 1.29 is 14.7 Å². The zero-order valence-corrected chi connectivity index (χ0v) is 12.2. The van der Waals surface area contributed by atoms with Gasteiger partial charge >= 0.3 is 12.0 Å². The van der Waals surface area contributed by atoms with Gasteiger partial charge in [-0.2, -0.15) is 0 Å². The fourth-order valence-corrected chi connectivity index (χ4v) is 3.63. The Labute approximate surface area is 120 Å². The Morgan fingerprint density at radius 3 is 2.60 bits per heavy atom. The highest BCUT2D eigenvalue weighted by Crippen LogP contribution is 2.28. The zero-order chi connectivity index (χ0) is 14.5. The van der Waals surface area contributed by atoms with Gasteiger partial charge in [0.2, 0.25) is 0 Å². The molecule has 114 valence electrons. The minimum absolute atomic E-state index is 0.207. The van der Waals surface area contributed by atoms with E-state index in [0.717, 1.165) is 18.8 Å². The maximum atomic E-state index is 11.9. The predicted molar refractivity (Wildman–Crippen MR) is 76.4 cm³/mol. The largest absolute Gasteiger partial charge is 0.481 e. The minimum Gasteiger partial charge on any atom is -0.481 e. The molecule has 4 atom stereocenters. The molecule has 2 rings (SSSR count). The quantitative estimate of drug-likeness (QED) is 0.740. The summed E-state index contributed by atoms with van der Waals surface area (Å²) < 4.78 is 0. The standard InChI is InChI=1S/C15H26N2O3/c1-10-4-2-5-11(8-10)9-16-15(20)17-13-7-3-6-12(13)14(18)19/h10-13H,2-9H2,1H3,(H,18,19)(H2,16,17,20). The number of carboxylic acids is 1. The van der Waals surface area contributed by atoms with Gasteiger partial charge in [-0.25, -0.2) is 4.79 Å². The number of nitrogens with one attached hydrogen (secondary N) is 2. The first-order chi connectivity index (χ1) is 9.56. The summed E-state index contributed by atoms with van der Waals surface area (Å²) in [7, 11) is 0. The fourth-order valence-electron chi connectivity index (χ4n) is 3.63. The average molecular weight is 282 g/mol. The lowest BCUT2D eigenvalue weighted by molar-refractivity contribution is -0.142. The van der Waals surface area contributed by atoms with E-state index in [4.69, 9.17) is 5.11 Å². The molecule has 0 aromatic rings. The highest BCUT2D eigenvalue weighted by molar-refractivity contribution is 5.77. The van der Waals surface area contributed by atoms with Crippen molar-refractivity contribution in [1.29, 1.82) is 0 Å². The van der Waals surface area contributed by atoms with E-state index >= 15 is 0 Å². The number of hydrogen-bond donors (Lipinski definition) is 3. The average Bonchev–Trinajstić information content (AvgIpc) is 2.85. The molecule has 5 nitrogen and oxygen atoms in total. The molecule has 0 bridgehead atoms. The molecule has 0 saturated heterocycles. The van der Waals surface area contributed by atoms with Gasteiger partial charge in [0.1, 0.15) is 0 Å². The van der Waals surface area contributed by atoms with Crippen LogP contribution in [0.1, 0.15) is 51.9 Å². The Hall–Kier alpha value is -1.26. The van der Waals surface area contributed by atoms with Crippen molar-refractivity contribution in [2.45, 2.75) is 57.9 Å². The molecular formula is C15H26N2O3. The van der Waals surface area contributed by atoms with Crippen molar-refractivity contribution in [3.05, 3.63) is 0 Å². The summed E-state index contributed by atoms with van der Waals surface area (Å²) in [4.78, 5) is 22.9. The Kier molecular flexibility index (Phi) is 5.26. The topological polar surface area (TPSA) is 78.4 Å². The van der Waals surface area contributed by atoms with E-state index in [0.29, 0.717) is 18.9 Å². The molecule has 20 heavy (non-hydrogen) atoms. The normalized spacial score (nSPS) is 33.6. The molecule has 3 N–H and O–H groups in total. The molecule has 5 heteroatoms. The fraction of sp³-hybridized carbons (Fsp3) is 0.867. The molecule has 4 unspecified atom stereocenters. The minimum atomic E-state index is -0.797. The van der Waals surface area contributed by atoms with Crippen molar-refractivity contribution in [3.63, 3.8) is 0 Å². The molecule has 0 radical (unpaired) electrons. The summed E-state index contributed by atoms with van der Waals surface area (Å²) in [6.45, 7) is 2.98. The molecule has 0 aromatic carbocycles. The molecule has 0 aromatic heterocycles. The van der Waals surface area contributed by atoms with Crippen LogP contribution < -0.4 is 10.6 Å². The first-order valence-corrected chi connectivity index (χ1v) is 7.83. The van der Waals surface area contributed by atoms with E-state index in [2.05, 4.69) is 17.6 Å². The van der Waals surface area contributed by atoms with Crippen LogP contribution in [0.5, 0.6) is 0 Å². The third kappa shape index (κ3) is 4.12. The SMILES string of the molecule is CC1CCCC(CNC(=O)NC2CCCC2C(=O)O)C1. The van der Waals surface area contributed by atoms with E-state index < -0.39 is 11.9 Å². The summed E-state index contributed by atoms with van der Waals surface area (Å²) in [5.74, 6) is 0.109. The molecule has 2 saturated carbocycles. The van der Waals surface area contributed by atoms with Crippen LogP contribution in [0.25, 0.3) is 0 Å². The Morgan fingerprint density at radius 1 is 1.15 bits per heavy atom. The second-order valence-electron chi connectivity index (χ2n) is 6.47. The van der Waals surface area contributed by atoms with Crippen LogP contribution in [-0.2, 0) is 4.79 Å². The molecule has 0 aliphatic heterocycles. The predicted octanol–water partition coefficient (Wildman–Crippen LogP) is 2.37. The van der Waals surface area contributed by atoms with E-state index in [9.17, 15) is 9.59 Å². The van der Waals surface area contributed by atoms with Crippen molar-refractivity contribution in [2.24, 2.45) is 17.8 Å².